The quantitative estimate of drug-likeness (QED) is 0.844. The van der Waals surface area contributed by atoms with E-state index in [1.165, 1.54) is 16.1 Å². The number of aromatic nitrogens is 3. The van der Waals surface area contributed by atoms with Gasteiger partial charge in [-0.2, -0.15) is 5.10 Å². The molecular weight excluding hydrogens is 294 g/mol. The van der Waals surface area contributed by atoms with Crippen molar-refractivity contribution in [1.82, 2.24) is 25.0 Å². The van der Waals surface area contributed by atoms with Crippen LogP contribution in [-0.2, 0) is 11.3 Å². The van der Waals surface area contributed by atoms with Crippen LogP contribution in [0.2, 0.25) is 0 Å². The maximum absolute atomic E-state index is 12.6. The third kappa shape index (κ3) is 2.82. The van der Waals surface area contributed by atoms with E-state index in [9.17, 15) is 14.7 Å². The number of nitrogens with one attached hydrogen (secondary N) is 1. The number of H-pyrrole nitrogens is 1. The summed E-state index contributed by atoms with van der Waals surface area (Å²) >= 11 is 1.57. The van der Waals surface area contributed by atoms with Crippen LogP contribution >= 0.6 is 11.8 Å². The van der Waals surface area contributed by atoms with Crippen molar-refractivity contribution >= 4 is 23.8 Å². The highest BCUT2D eigenvalue weighted by Crippen LogP contribution is 2.45. The van der Waals surface area contributed by atoms with Crippen LogP contribution in [0, 0.1) is 5.92 Å². The van der Waals surface area contributed by atoms with Gasteiger partial charge in [0, 0.05) is 12.8 Å². The predicted molar refractivity (Wildman–Crippen MR) is 75.5 cm³/mol. The molecule has 1 aromatic rings. The molecule has 0 spiro atoms. The Morgan fingerprint density at radius 3 is 2.90 bits per heavy atom. The molecule has 2 N–H and O–H groups in total. The molecule has 114 valence electrons. The summed E-state index contributed by atoms with van der Waals surface area (Å²) in [6.07, 6.45) is 3.52. The number of urea groups is 1. The van der Waals surface area contributed by atoms with Crippen LogP contribution in [0.15, 0.2) is 6.33 Å². The summed E-state index contributed by atoms with van der Waals surface area (Å²) < 4.78 is 0. The predicted octanol–water partition coefficient (Wildman–Crippen LogP) is 0.595. The van der Waals surface area contributed by atoms with Crippen molar-refractivity contribution in [3.05, 3.63) is 12.2 Å². The minimum absolute atomic E-state index is 0.0178. The maximum Gasteiger partial charge on any atom is 0.327 e. The van der Waals surface area contributed by atoms with Crippen LogP contribution < -0.4 is 0 Å². The number of carboxylic acid groups (broad SMARTS) is 1. The van der Waals surface area contributed by atoms with E-state index in [2.05, 4.69) is 15.2 Å². The highest BCUT2D eigenvalue weighted by Gasteiger charge is 2.48. The lowest BCUT2D eigenvalue weighted by Gasteiger charge is -2.31. The summed E-state index contributed by atoms with van der Waals surface area (Å²) in [4.78, 5) is 31.0. The molecular formula is C12H17N5O3S. The van der Waals surface area contributed by atoms with E-state index in [-0.39, 0.29) is 17.9 Å². The van der Waals surface area contributed by atoms with Crippen molar-refractivity contribution in [2.45, 2.75) is 30.8 Å². The zero-order valence-corrected chi connectivity index (χ0v) is 12.4. The molecule has 9 heteroatoms. The Kier molecular flexibility index (Phi) is 3.75. The first-order valence-corrected chi connectivity index (χ1v) is 7.85. The molecule has 3 rings (SSSR count). The lowest BCUT2D eigenvalue weighted by atomic mass is 10.2. The number of carbonyl (C=O) groups excluding carboxylic acids is 1. The van der Waals surface area contributed by atoms with Crippen LogP contribution in [-0.4, -0.2) is 66.3 Å². The van der Waals surface area contributed by atoms with Gasteiger partial charge in [0.15, 0.2) is 0 Å². The molecule has 0 aromatic carbocycles. The smallest absolute Gasteiger partial charge is 0.327 e. The van der Waals surface area contributed by atoms with Gasteiger partial charge in [-0.3, -0.25) is 10.00 Å². The third-order valence-corrected chi connectivity index (χ3v) is 5.21. The molecule has 8 nitrogen and oxygen atoms in total. The number of nitrogens with zero attached hydrogens (tertiary/aromatic N) is 4. The average molecular weight is 311 g/mol. The Balaban J connectivity index is 1.74. The van der Waals surface area contributed by atoms with Gasteiger partial charge in [0.1, 0.15) is 18.2 Å². The molecule has 1 saturated carbocycles. The number of rotatable bonds is 4. The molecule has 0 radical (unpaired) electrons. The van der Waals surface area contributed by atoms with Crippen molar-refractivity contribution in [2.24, 2.45) is 5.92 Å². The fraction of sp³-hybridized carbons (Fsp3) is 0.667. The largest absolute Gasteiger partial charge is 0.480 e. The first kappa shape index (κ1) is 14.2. The van der Waals surface area contributed by atoms with E-state index in [1.807, 2.05) is 0 Å². The first-order chi connectivity index (χ1) is 10.1. The summed E-state index contributed by atoms with van der Waals surface area (Å²) in [6.45, 7) is 0.281. The second kappa shape index (κ2) is 5.55. The zero-order chi connectivity index (χ0) is 15.0. The topological polar surface area (TPSA) is 102 Å². The summed E-state index contributed by atoms with van der Waals surface area (Å²) in [5, 5.41) is 15.8. The molecule has 1 saturated heterocycles. The number of thioether (sulfide) groups is 1. The van der Waals surface area contributed by atoms with Crippen LogP contribution in [0.3, 0.4) is 0 Å². The summed E-state index contributed by atoms with van der Waals surface area (Å²) in [5.41, 5.74) is 0. The van der Waals surface area contributed by atoms with E-state index in [1.54, 1.807) is 18.8 Å². The molecule has 1 aliphatic heterocycles. The number of hydrogen-bond donors (Lipinski definition) is 2. The van der Waals surface area contributed by atoms with Crippen LogP contribution in [0.4, 0.5) is 4.79 Å². The Morgan fingerprint density at radius 1 is 1.57 bits per heavy atom. The Labute approximate surface area is 125 Å². The number of carbonyl (C=O) groups is 2. The first-order valence-electron chi connectivity index (χ1n) is 6.80. The Bertz CT molecular complexity index is 533. The number of aliphatic carboxylic acids is 1. The van der Waals surface area contributed by atoms with Gasteiger partial charge in [0.25, 0.3) is 0 Å². The minimum Gasteiger partial charge on any atom is -0.480 e. The summed E-state index contributed by atoms with van der Waals surface area (Å²) in [5.74, 6) is 0.528. The van der Waals surface area contributed by atoms with E-state index in [0.717, 1.165) is 12.8 Å². The van der Waals surface area contributed by atoms with Crippen LogP contribution in [0.5, 0.6) is 0 Å². The van der Waals surface area contributed by atoms with E-state index >= 15 is 0 Å². The van der Waals surface area contributed by atoms with E-state index in [0.29, 0.717) is 17.5 Å². The van der Waals surface area contributed by atoms with Gasteiger partial charge in [0.2, 0.25) is 0 Å². The fourth-order valence-corrected chi connectivity index (χ4v) is 4.13. The lowest BCUT2D eigenvalue weighted by molar-refractivity contribution is -0.141. The average Bonchev–Trinajstić information content (AvgIpc) is 3.00. The van der Waals surface area contributed by atoms with Crippen molar-refractivity contribution in [3.8, 4) is 0 Å². The number of hydrogen-bond acceptors (Lipinski definition) is 5. The SMILES string of the molecule is CN(Cc1ncn[nH]1)C(=O)N1C(C(=O)O)CSC1C1CC1. The standard InChI is InChI=1S/C12H17N5O3S/c1-16(4-9-13-6-14-15-9)12(20)17-8(11(18)19)5-21-10(17)7-2-3-7/h6-8,10H,2-5H2,1H3,(H,18,19)(H,13,14,15). The van der Waals surface area contributed by atoms with Gasteiger partial charge in [-0.25, -0.2) is 14.6 Å². The van der Waals surface area contributed by atoms with Gasteiger partial charge in [-0.1, -0.05) is 0 Å². The molecule has 2 unspecified atom stereocenters. The fourth-order valence-electron chi connectivity index (χ4n) is 2.50. The molecule has 2 fully saturated rings. The van der Waals surface area contributed by atoms with Crippen LogP contribution in [0.1, 0.15) is 18.7 Å². The highest BCUT2D eigenvalue weighted by molar-refractivity contribution is 8.00. The van der Waals surface area contributed by atoms with Crippen molar-refractivity contribution < 1.29 is 14.7 Å². The molecule has 0 bridgehead atoms. The highest BCUT2D eigenvalue weighted by atomic mass is 32.2. The lowest BCUT2D eigenvalue weighted by Crippen LogP contribution is -2.51. The molecule has 2 atom stereocenters. The molecule has 2 aliphatic rings. The van der Waals surface area contributed by atoms with E-state index in [4.69, 9.17) is 0 Å². The van der Waals surface area contributed by atoms with E-state index < -0.39 is 12.0 Å². The van der Waals surface area contributed by atoms with Crippen LogP contribution in [0.25, 0.3) is 0 Å². The van der Waals surface area contributed by atoms with Crippen molar-refractivity contribution in [3.63, 3.8) is 0 Å². The number of carboxylic acids is 1. The molecule has 1 aliphatic carbocycles. The second-order valence-corrected chi connectivity index (χ2v) is 6.54. The monoisotopic (exact) mass is 311 g/mol. The molecule has 2 heterocycles. The van der Waals surface area contributed by atoms with Gasteiger partial charge < -0.3 is 10.0 Å². The Hall–Kier alpha value is -1.77. The van der Waals surface area contributed by atoms with Gasteiger partial charge in [-0.15, -0.1) is 11.8 Å². The molecule has 1 aromatic heterocycles. The number of aromatic amines is 1. The van der Waals surface area contributed by atoms with Crippen molar-refractivity contribution in [2.75, 3.05) is 12.8 Å². The normalized spacial score (nSPS) is 25.1. The summed E-state index contributed by atoms with van der Waals surface area (Å²) in [6, 6.07) is -1.01. The van der Waals surface area contributed by atoms with Gasteiger partial charge in [0.05, 0.1) is 11.9 Å². The van der Waals surface area contributed by atoms with Crippen molar-refractivity contribution in [1.29, 1.82) is 0 Å². The number of amides is 2. The second-order valence-electron chi connectivity index (χ2n) is 5.39. The molecule has 21 heavy (non-hydrogen) atoms. The molecule has 2 amide bonds. The minimum atomic E-state index is -0.938. The van der Waals surface area contributed by atoms with Gasteiger partial charge >= 0.3 is 12.0 Å². The maximum atomic E-state index is 12.6. The van der Waals surface area contributed by atoms with Gasteiger partial charge in [-0.05, 0) is 18.8 Å². The Morgan fingerprint density at radius 2 is 2.33 bits per heavy atom. The third-order valence-electron chi connectivity index (χ3n) is 3.74. The summed E-state index contributed by atoms with van der Waals surface area (Å²) in [7, 11) is 1.65. The zero-order valence-electron chi connectivity index (χ0n) is 11.6.